The summed E-state index contributed by atoms with van der Waals surface area (Å²) < 4.78 is 0. The zero-order valence-corrected chi connectivity index (χ0v) is 13.7. The van der Waals surface area contributed by atoms with Gasteiger partial charge in [0, 0.05) is 24.2 Å². The number of aryl methyl sites for hydroxylation is 2. The second-order valence-electron chi connectivity index (χ2n) is 5.73. The summed E-state index contributed by atoms with van der Waals surface area (Å²) >= 11 is 0. The van der Waals surface area contributed by atoms with Crippen molar-refractivity contribution in [2.45, 2.75) is 40.5 Å². The standard InChI is InChI=1S/C17H24N4/c1-10(2)15-20-16(18-6)13(5)17(21-15)19-14-8-7-11(3)12(4)9-14/h7-10H,1-6H3,(H2,18,19,20,21). The lowest BCUT2D eigenvalue weighted by atomic mass is 10.1. The van der Waals surface area contributed by atoms with Gasteiger partial charge in [0.25, 0.3) is 0 Å². The molecule has 0 aliphatic rings. The Bertz CT molecular complexity index is 647. The van der Waals surface area contributed by atoms with Gasteiger partial charge in [-0.15, -0.1) is 0 Å². The Hall–Kier alpha value is -2.10. The highest BCUT2D eigenvalue weighted by atomic mass is 15.1. The highest BCUT2D eigenvalue weighted by Crippen LogP contribution is 2.26. The molecule has 1 aromatic carbocycles. The third-order valence-corrected chi connectivity index (χ3v) is 3.69. The van der Waals surface area contributed by atoms with E-state index in [9.17, 15) is 0 Å². The first-order valence-electron chi connectivity index (χ1n) is 7.33. The molecule has 0 fully saturated rings. The van der Waals surface area contributed by atoms with Gasteiger partial charge >= 0.3 is 0 Å². The van der Waals surface area contributed by atoms with Crippen molar-refractivity contribution in [2.24, 2.45) is 0 Å². The van der Waals surface area contributed by atoms with Crippen LogP contribution in [0.5, 0.6) is 0 Å². The van der Waals surface area contributed by atoms with Crippen molar-refractivity contribution in [3.63, 3.8) is 0 Å². The molecule has 0 spiro atoms. The molecule has 0 saturated heterocycles. The molecule has 0 bridgehead atoms. The van der Waals surface area contributed by atoms with Crippen LogP contribution in [0.4, 0.5) is 17.3 Å². The highest BCUT2D eigenvalue weighted by Gasteiger charge is 2.12. The van der Waals surface area contributed by atoms with E-state index in [-0.39, 0.29) is 5.92 Å². The fourth-order valence-corrected chi connectivity index (χ4v) is 2.11. The maximum atomic E-state index is 4.67. The summed E-state index contributed by atoms with van der Waals surface area (Å²) in [6.45, 7) is 10.5. The van der Waals surface area contributed by atoms with E-state index in [1.807, 2.05) is 14.0 Å². The lowest BCUT2D eigenvalue weighted by Gasteiger charge is -2.15. The number of aromatic nitrogens is 2. The monoisotopic (exact) mass is 284 g/mol. The molecule has 1 aromatic heterocycles. The van der Waals surface area contributed by atoms with Crippen LogP contribution in [0.15, 0.2) is 18.2 Å². The van der Waals surface area contributed by atoms with Crippen molar-refractivity contribution >= 4 is 17.3 Å². The Morgan fingerprint density at radius 3 is 2.19 bits per heavy atom. The van der Waals surface area contributed by atoms with Gasteiger partial charge in [-0.25, -0.2) is 9.97 Å². The van der Waals surface area contributed by atoms with Gasteiger partial charge in [-0.2, -0.15) is 0 Å². The zero-order chi connectivity index (χ0) is 15.6. The van der Waals surface area contributed by atoms with Gasteiger partial charge in [0.15, 0.2) is 0 Å². The van der Waals surface area contributed by atoms with Crippen LogP contribution in [-0.4, -0.2) is 17.0 Å². The molecule has 0 atom stereocenters. The van der Waals surface area contributed by atoms with Crippen LogP contribution in [-0.2, 0) is 0 Å². The number of benzene rings is 1. The summed E-state index contributed by atoms with van der Waals surface area (Å²) in [5, 5.41) is 6.57. The molecule has 112 valence electrons. The molecule has 4 nitrogen and oxygen atoms in total. The molecular formula is C17H24N4. The summed E-state index contributed by atoms with van der Waals surface area (Å²) in [6, 6.07) is 6.35. The molecule has 0 aliphatic heterocycles. The summed E-state index contributed by atoms with van der Waals surface area (Å²) in [4.78, 5) is 9.23. The van der Waals surface area contributed by atoms with E-state index in [1.165, 1.54) is 11.1 Å². The molecule has 21 heavy (non-hydrogen) atoms. The Morgan fingerprint density at radius 2 is 1.62 bits per heavy atom. The minimum atomic E-state index is 0.290. The van der Waals surface area contributed by atoms with E-state index in [0.29, 0.717) is 0 Å². The second-order valence-corrected chi connectivity index (χ2v) is 5.73. The minimum absolute atomic E-state index is 0.290. The lowest BCUT2D eigenvalue weighted by Crippen LogP contribution is -2.08. The molecule has 4 heteroatoms. The first-order valence-corrected chi connectivity index (χ1v) is 7.33. The van der Waals surface area contributed by atoms with E-state index in [2.05, 4.69) is 66.5 Å². The smallest absolute Gasteiger partial charge is 0.139 e. The highest BCUT2D eigenvalue weighted by molar-refractivity contribution is 5.65. The van der Waals surface area contributed by atoms with Crippen molar-refractivity contribution in [2.75, 3.05) is 17.7 Å². The topological polar surface area (TPSA) is 49.8 Å². The minimum Gasteiger partial charge on any atom is -0.373 e. The molecule has 1 heterocycles. The number of nitrogens with one attached hydrogen (secondary N) is 2. The second kappa shape index (κ2) is 6.12. The van der Waals surface area contributed by atoms with Crippen LogP contribution >= 0.6 is 0 Å². The number of hydrogen-bond acceptors (Lipinski definition) is 4. The SMILES string of the molecule is CNc1nc(C(C)C)nc(Nc2ccc(C)c(C)c2)c1C. The van der Waals surface area contributed by atoms with Crippen LogP contribution in [0.25, 0.3) is 0 Å². The molecule has 2 rings (SSSR count). The van der Waals surface area contributed by atoms with E-state index in [0.717, 1.165) is 28.7 Å². The Morgan fingerprint density at radius 1 is 0.952 bits per heavy atom. The number of rotatable bonds is 4. The van der Waals surface area contributed by atoms with Gasteiger partial charge in [0.05, 0.1) is 0 Å². The van der Waals surface area contributed by atoms with Gasteiger partial charge in [0.2, 0.25) is 0 Å². The van der Waals surface area contributed by atoms with Gasteiger partial charge in [-0.05, 0) is 44.0 Å². The first kappa shape index (κ1) is 15.3. The maximum Gasteiger partial charge on any atom is 0.139 e. The molecule has 0 unspecified atom stereocenters. The van der Waals surface area contributed by atoms with Crippen LogP contribution in [0.3, 0.4) is 0 Å². The third kappa shape index (κ3) is 3.32. The van der Waals surface area contributed by atoms with Crippen LogP contribution in [0.2, 0.25) is 0 Å². The van der Waals surface area contributed by atoms with Crippen molar-refractivity contribution in [3.05, 3.63) is 40.7 Å². The predicted molar refractivity (Wildman–Crippen MR) is 89.6 cm³/mol. The van der Waals surface area contributed by atoms with E-state index in [4.69, 9.17) is 0 Å². The molecule has 0 amide bonds. The van der Waals surface area contributed by atoms with Crippen molar-refractivity contribution < 1.29 is 0 Å². The predicted octanol–water partition coefficient (Wildman–Crippen LogP) is 4.31. The first-order chi connectivity index (χ1) is 9.92. The number of nitrogens with zero attached hydrogens (tertiary/aromatic N) is 2. The molecule has 2 N–H and O–H groups in total. The van der Waals surface area contributed by atoms with Crippen LogP contribution in [0.1, 0.15) is 42.3 Å². The number of hydrogen-bond donors (Lipinski definition) is 2. The summed E-state index contributed by atoms with van der Waals surface area (Å²) in [5.41, 5.74) is 4.64. The van der Waals surface area contributed by atoms with Gasteiger partial charge in [0.1, 0.15) is 17.5 Å². The van der Waals surface area contributed by atoms with E-state index >= 15 is 0 Å². The fraction of sp³-hybridized carbons (Fsp3) is 0.412. The van der Waals surface area contributed by atoms with E-state index < -0.39 is 0 Å². The third-order valence-electron chi connectivity index (χ3n) is 3.69. The maximum absolute atomic E-state index is 4.67. The Balaban J connectivity index is 2.42. The van der Waals surface area contributed by atoms with Crippen LogP contribution < -0.4 is 10.6 Å². The van der Waals surface area contributed by atoms with Gasteiger partial charge in [-0.1, -0.05) is 19.9 Å². The fourth-order valence-electron chi connectivity index (χ4n) is 2.11. The molecular weight excluding hydrogens is 260 g/mol. The quantitative estimate of drug-likeness (QED) is 0.878. The molecule has 0 radical (unpaired) electrons. The largest absolute Gasteiger partial charge is 0.373 e. The zero-order valence-electron chi connectivity index (χ0n) is 13.7. The Kier molecular flexibility index (Phi) is 4.46. The van der Waals surface area contributed by atoms with Crippen molar-refractivity contribution in [3.8, 4) is 0 Å². The Labute approximate surface area is 127 Å². The summed E-state index contributed by atoms with van der Waals surface area (Å²) in [7, 11) is 1.89. The lowest BCUT2D eigenvalue weighted by molar-refractivity contribution is 0.775. The normalized spacial score (nSPS) is 10.8. The van der Waals surface area contributed by atoms with E-state index in [1.54, 1.807) is 0 Å². The van der Waals surface area contributed by atoms with Gasteiger partial charge < -0.3 is 10.6 Å². The average molecular weight is 284 g/mol. The molecule has 2 aromatic rings. The summed E-state index contributed by atoms with van der Waals surface area (Å²) in [5.74, 6) is 2.87. The molecule has 0 aliphatic carbocycles. The average Bonchev–Trinajstić information content (AvgIpc) is 2.44. The van der Waals surface area contributed by atoms with Crippen LogP contribution in [0, 0.1) is 20.8 Å². The van der Waals surface area contributed by atoms with Crippen molar-refractivity contribution in [1.29, 1.82) is 0 Å². The van der Waals surface area contributed by atoms with Crippen molar-refractivity contribution in [1.82, 2.24) is 9.97 Å². The number of anilines is 3. The molecule has 0 saturated carbocycles. The summed E-state index contributed by atoms with van der Waals surface area (Å²) in [6.07, 6.45) is 0. The van der Waals surface area contributed by atoms with Gasteiger partial charge in [-0.3, -0.25) is 0 Å².